The van der Waals surface area contributed by atoms with E-state index < -0.39 is 0 Å². The van der Waals surface area contributed by atoms with Crippen molar-refractivity contribution < 1.29 is 0 Å². The first-order valence-electron chi connectivity index (χ1n) is 7.33. The van der Waals surface area contributed by atoms with E-state index in [1.165, 1.54) is 44.1 Å². The van der Waals surface area contributed by atoms with Crippen molar-refractivity contribution in [1.29, 1.82) is 0 Å². The maximum absolute atomic E-state index is 5.80. The fourth-order valence-corrected chi connectivity index (χ4v) is 3.00. The standard InChI is InChI=1S/C16H24N2/c17-11-16(7-8-16)12-18-10-13-5-6-14-3-1-2-4-15(14)9-13/h5-6,9,18H,1-4,7-8,10-12,17H2. The smallest absolute Gasteiger partial charge is 0.0205 e. The summed E-state index contributed by atoms with van der Waals surface area (Å²) in [6.45, 7) is 2.92. The molecule has 2 heteroatoms. The van der Waals surface area contributed by atoms with Crippen LogP contribution in [0.15, 0.2) is 18.2 Å². The van der Waals surface area contributed by atoms with E-state index in [1.54, 1.807) is 11.1 Å². The van der Waals surface area contributed by atoms with Gasteiger partial charge in [0.2, 0.25) is 0 Å². The van der Waals surface area contributed by atoms with Crippen LogP contribution in [0.1, 0.15) is 42.4 Å². The van der Waals surface area contributed by atoms with Gasteiger partial charge in [-0.15, -0.1) is 0 Å². The lowest BCUT2D eigenvalue weighted by atomic mass is 9.90. The zero-order chi connectivity index (χ0) is 12.4. The first-order chi connectivity index (χ1) is 8.81. The molecule has 1 aromatic rings. The number of benzene rings is 1. The second-order valence-electron chi connectivity index (χ2n) is 6.12. The fraction of sp³-hybridized carbons (Fsp3) is 0.625. The van der Waals surface area contributed by atoms with Gasteiger partial charge in [0.15, 0.2) is 0 Å². The predicted octanol–water partition coefficient (Wildman–Crippen LogP) is 2.39. The molecular formula is C16H24N2. The van der Waals surface area contributed by atoms with Gasteiger partial charge < -0.3 is 11.1 Å². The molecule has 0 saturated heterocycles. The summed E-state index contributed by atoms with van der Waals surface area (Å²) < 4.78 is 0. The summed E-state index contributed by atoms with van der Waals surface area (Å²) in [4.78, 5) is 0. The molecule has 0 radical (unpaired) electrons. The molecular weight excluding hydrogens is 220 g/mol. The molecule has 2 nitrogen and oxygen atoms in total. The molecule has 18 heavy (non-hydrogen) atoms. The molecule has 0 amide bonds. The maximum atomic E-state index is 5.80. The van der Waals surface area contributed by atoms with Crippen LogP contribution in [0.2, 0.25) is 0 Å². The third-order valence-electron chi connectivity index (χ3n) is 4.63. The minimum atomic E-state index is 0.439. The van der Waals surface area contributed by atoms with Crippen LogP contribution in [0.3, 0.4) is 0 Å². The minimum absolute atomic E-state index is 0.439. The molecule has 3 N–H and O–H groups in total. The van der Waals surface area contributed by atoms with Gasteiger partial charge >= 0.3 is 0 Å². The molecule has 2 aliphatic rings. The van der Waals surface area contributed by atoms with E-state index in [0.29, 0.717) is 5.41 Å². The number of hydrogen-bond donors (Lipinski definition) is 2. The van der Waals surface area contributed by atoms with Gasteiger partial charge in [-0.1, -0.05) is 18.2 Å². The summed E-state index contributed by atoms with van der Waals surface area (Å²) in [6.07, 6.45) is 7.89. The average molecular weight is 244 g/mol. The molecule has 2 aliphatic carbocycles. The number of fused-ring (bicyclic) bond motifs is 1. The fourth-order valence-electron chi connectivity index (χ4n) is 3.00. The lowest BCUT2D eigenvalue weighted by Gasteiger charge is -2.17. The van der Waals surface area contributed by atoms with Crippen LogP contribution >= 0.6 is 0 Å². The van der Waals surface area contributed by atoms with Crippen molar-refractivity contribution in [3.05, 3.63) is 34.9 Å². The van der Waals surface area contributed by atoms with E-state index in [9.17, 15) is 0 Å². The quantitative estimate of drug-likeness (QED) is 0.834. The van der Waals surface area contributed by atoms with E-state index in [4.69, 9.17) is 5.73 Å². The summed E-state index contributed by atoms with van der Waals surface area (Å²) in [5, 5.41) is 3.58. The molecule has 0 heterocycles. The lowest BCUT2D eigenvalue weighted by molar-refractivity contribution is 0.467. The Bertz CT molecular complexity index is 421. The highest BCUT2D eigenvalue weighted by molar-refractivity contribution is 5.33. The van der Waals surface area contributed by atoms with Crippen LogP contribution < -0.4 is 11.1 Å². The molecule has 1 aromatic carbocycles. The molecule has 0 spiro atoms. The van der Waals surface area contributed by atoms with E-state index in [2.05, 4.69) is 23.5 Å². The van der Waals surface area contributed by atoms with E-state index in [0.717, 1.165) is 19.6 Å². The van der Waals surface area contributed by atoms with Crippen LogP contribution in [-0.2, 0) is 19.4 Å². The van der Waals surface area contributed by atoms with Gasteiger partial charge in [-0.05, 0) is 67.2 Å². The SMILES string of the molecule is NCC1(CNCc2ccc3c(c2)CCCC3)CC1. The van der Waals surface area contributed by atoms with Crippen molar-refractivity contribution in [2.45, 2.75) is 45.1 Å². The van der Waals surface area contributed by atoms with Crippen molar-refractivity contribution >= 4 is 0 Å². The molecule has 0 aromatic heterocycles. The van der Waals surface area contributed by atoms with Crippen molar-refractivity contribution in [3.63, 3.8) is 0 Å². The molecule has 0 bridgehead atoms. The summed E-state index contributed by atoms with van der Waals surface area (Å²) in [5.41, 5.74) is 10.8. The lowest BCUT2D eigenvalue weighted by Crippen LogP contribution is -2.29. The normalized spacial score (nSPS) is 20.5. The number of aryl methyl sites for hydroxylation is 2. The zero-order valence-electron chi connectivity index (χ0n) is 11.2. The van der Waals surface area contributed by atoms with Crippen LogP contribution in [0.4, 0.5) is 0 Å². The molecule has 0 unspecified atom stereocenters. The Balaban J connectivity index is 1.56. The van der Waals surface area contributed by atoms with Gasteiger partial charge in [0.1, 0.15) is 0 Å². The summed E-state index contributed by atoms with van der Waals surface area (Å²) >= 11 is 0. The van der Waals surface area contributed by atoms with Crippen molar-refractivity contribution in [2.75, 3.05) is 13.1 Å². The van der Waals surface area contributed by atoms with Gasteiger partial charge in [-0.2, -0.15) is 0 Å². The second kappa shape index (κ2) is 5.02. The Morgan fingerprint density at radius 3 is 2.61 bits per heavy atom. The Morgan fingerprint density at radius 1 is 1.11 bits per heavy atom. The number of hydrogen-bond acceptors (Lipinski definition) is 2. The molecule has 98 valence electrons. The monoisotopic (exact) mass is 244 g/mol. The molecule has 3 rings (SSSR count). The van der Waals surface area contributed by atoms with E-state index in [-0.39, 0.29) is 0 Å². The molecule has 1 fully saturated rings. The maximum Gasteiger partial charge on any atom is 0.0205 e. The van der Waals surface area contributed by atoms with Crippen molar-refractivity contribution in [1.82, 2.24) is 5.32 Å². The van der Waals surface area contributed by atoms with E-state index >= 15 is 0 Å². The molecule has 1 saturated carbocycles. The highest BCUT2D eigenvalue weighted by Gasteiger charge is 2.40. The minimum Gasteiger partial charge on any atom is -0.330 e. The Hall–Kier alpha value is -0.860. The van der Waals surface area contributed by atoms with Crippen LogP contribution in [0.25, 0.3) is 0 Å². The summed E-state index contributed by atoms with van der Waals surface area (Å²) in [6, 6.07) is 7.03. The second-order valence-corrected chi connectivity index (χ2v) is 6.12. The van der Waals surface area contributed by atoms with Crippen molar-refractivity contribution in [3.8, 4) is 0 Å². The zero-order valence-corrected chi connectivity index (χ0v) is 11.2. The van der Waals surface area contributed by atoms with Gasteiger partial charge in [0.05, 0.1) is 0 Å². The van der Waals surface area contributed by atoms with Crippen LogP contribution in [-0.4, -0.2) is 13.1 Å². The number of nitrogens with two attached hydrogens (primary N) is 1. The van der Waals surface area contributed by atoms with E-state index in [1.807, 2.05) is 0 Å². The highest BCUT2D eigenvalue weighted by Crippen LogP contribution is 2.43. The van der Waals surface area contributed by atoms with Crippen LogP contribution in [0.5, 0.6) is 0 Å². The Morgan fingerprint density at radius 2 is 1.89 bits per heavy atom. The summed E-state index contributed by atoms with van der Waals surface area (Å²) in [5.74, 6) is 0. The average Bonchev–Trinajstić information content (AvgIpc) is 3.19. The number of nitrogens with one attached hydrogen (secondary N) is 1. The molecule has 0 atom stereocenters. The van der Waals surface area contributed by atoms with Gasteiger partial charge in [-0.3, -0.25) is 0 Å². The third kappa shape index (κ3) is 2.60. The van der Waals surface area contributed by atoms with Gasteiger partial charge in [0, 0.05) is 13.1 Å². The largest absolute Gasteiger partial charge is 0.330 e. The van der Waals surface area contributed by atoms with Crippen LogP contribution in [0, 0.1) is 5.41 Å². The first-order valence-corrected chi connectivity index (χ1v) is 7.33. The topological polar surface area (TPSA) is 38.0 Å². The highest BCUT2D eigenvalue weighted by atomic mass is 14.9. The Kier molecular flexibility index (Phi) is 3.40. The van der Waals surface area contributed by atoms with Crippen molar-refractivity contribution in [2.24, 2.45) is 11.1 Å². The first kappa shape index (κ1) is 12.2. The number of rotatable bonds is 5. The Labute approximate surface area is 110 Å². The molecule has 0 aliphatic heterocycles. The third-order valence-corrected chi connectivity index (χ3v) is 4.63. The van der Waals surface area contributed by atoms with Gasteiger partial charge in [0.25, 0.3) is 0 Å². The predicted molar refractivity (Wildman–Crippen MR) is 75.5 cm³/mol. The van der Waals surface area contributed by atoms with Gasteiger partial charge in [-0.25, -0.2) is 0 Å². The summed E-state index contributed by atoms with van der Waals surface area (Å²) in [7, 11) is 0.